The van der Waals surface area contributed by atoms with Gasteiger partial charge in [-0.25, -0.2) is 0 Å². The van der Waals surface area contributed by atoms with Crippen molar-refractivity contribution in [2.75, 3.05) is 32.8 Å². The number of rotatable bonds is 17. The lowest BCUT2D eigenvalue weighted by atomic mass is 9.91. The van der Waals surface area contributed by atoms with Crippen molar-refractivity contribution < 1.29 is 22.7 Å². The van der Waals surface area contributed by atoms with Crippen molar-refractivity contribution in [1.82, 2.24) is 61.2 Å². The number of hydrogen-bond donors (Lipinski definition) is 3. The number of aromatic nitrogens is 10. The molecule has 0 spiro atoms. The highest BCUT2D eigenvalue weighted by molar-refractivity contribution is 5.77. The highest BCUT2D eigenvalue weighted by Crippen LogP contribution is 2.33. The Morgan fingerprint density at radius 2 is 1.49 bits per heavy atom. The van der Waals surface area contributed by atoms with Crippen molar-refractivity contribution in [1.29, 1.82) is 0 Å². The van der Waals surface area contributed by atoms with Crippen LogP contribution in [0, 0.1) is 18.8 Å². The number of unbranched alkanes of at least 4 members (excludes halogenated alkanes) is 4. The van der Waals surface area contributed by atoms with Gasteiger partial charge >= 0.3 is 6.18 Å². The lowest BCUT2D eigenvalue weighted by Crippen LogP contribution is -2.41. The number of ether oxygens (including phenoxy) is 1. The van der Waals surface area contributed by atoms with Gasteiger partial charge in [-0.2, -0.15) is 48.8 Å². The van der Waals surface area contributed by atoms with E-state index in [9.17, 15) is 18.0 Å². The van der Waals surface area contributed by atoms with Gasteiger partial charge in [0.1, 0.15) is 5.75 Å². The molecule has 6 rings (SSSR count). The molecule has 17 heteroatoms. The third-order valence-electron chi connectivity index (χ3n) is 10.0. The monoisotopic (exact) mass is 742 g/mol. The number of nitrogens with zero attached hydrogens (tertiary/aromatic N) is 9. The average molecular weight is 743 g/mol. The van der Waals surface area contributed by atoms with E-state index in [4.69, 9.17) is 4.74 Å². The Bertz CT molecular complexity index is 1600. The molecule has 0 aliphatic carbocycles. The van der Waals surface area contributed by atoms with Gasteiger partial charge in [0.05, 0.1) is 35.9 Å². The maximum atomic E-state index is 13.2. The van der Waals surface area contributed by atoms with Gasteiger partial charge in [0, 0.05) is 18.7 Å². The number of piperidine rings is 2. The summed E-state index contributed by atoms with van der Waals surface area (Å²) in [6.45, 7) is 5.11. The molecule has 0 atom stereocenters. The Morgan fingerprint density at radius 1 is 0.868 bits per heavy atom. The Hall–Kier alpha value is -4.41. The summed E-state index contributed by atoms with van der Waals surface area (Å²) in [5.41, 5.74) is 1.50. The molecule has 3 aromatic heterocycles. The number of halogens is 3. The number of tetrazole rings is 1. The molecule has 0 unspecified atom stereocenters. The van der Waals surface area contributed by atoms with Crippen LogP contribution in [-0.2, 0) is 30.4 Å². The van der Waals surface area contributed by atoms with Gasteiger partial charge in [0.25, 0.3) is 5.91 Å². The van der Waals surface area contributed by atoms with Crippen molar-refractivity contribution in [3.8, 4) is 5.75 Å². The zero-order valence-corrected chi connectivity index (χ0v) is 30.7. The van der Waals surface area contributed by atoms with Crippen molar-refractivity contribution in [3.63, 3.8) is 0 Å². The van der Waals surface area contributed by atoms with Gasteiger partial charge < -0.3 is 15.0 Å². The summed E-state index contributed by atoms with van der Waals surface area (Å²) < 4.78 is 45.4. The molecule has 0 saturated carbocycles. The summed E-state index contributed by atoms with van der Waals surface area (Å²) in [6.07, 6.45) is 15.6. The highest BCUT2D eigenvalue weighted by atomic mass is 19.4. The third-order valence-corrected chi connectivity index (χ3v) is 10.0. The van der Waals surface area contributed by atoms with Crippen LogP contribution in [0.25, 0.3) is 0 Å². The van der Waals surface area contributed by atoms with E-state index in [0.29, 0.717) is 24.8 Å². The Labute approximate surface area is 308 Å². The summed E-state index contributed by atoms with van der Waals surface area (Å²) >= 11 is 0. The van der Waals surface area contributed by atoms with E-state index >= 15 is 0 Å². The minimum Gasteiger partial charge on any atom is -0.483 e. The summed E-state index contributed by atoms with van der Waals surface area (Å²) in [6, 6.07) is 3.18. The third kappa shape index (κ3) is 13.8. The predicted molar refractivity (Wildman–Crippen MR) is 191 cm³/mol. The molecule has 1 aromatic carbocycles. The second-order valence-electron chi connectivity index (χ2n) is 14.1. The summed E-state index contributed by atoms with van der Waals surface area (Å²) in [7, 11) is 0. The molecule has 290 valence electrons. The quantitative estimate of drug-likeness (QED) is 0.118. The number of nitrogens with one attached hydrogen (secondary N) is 3. The molecule has 53 heavy (non-hydrogen) atoms. The van der Waals surface area contributed by atoms with E-state index in [2.05, 4.69) is 51.5 Å². The van der Waals surface area contributed by atoms with E-state index in [1.807, 2.05) is 6.20 Å². The maximum absolute atomic E-state index is 13.2. The van der Waals surface area contributed by atoms with Crippen molar-refractivity contribution in [3.05, 3.63) is 58.9 Å². The fourth-order valence-corrected chi connectivity index (χ4v) is 6.96. The number of alkyl halides is 3. The lowest BCUT2D eigenvalue weighted by Gasteiger charge is -2.32. The number of aryl methyl sites for hydroxylation is 3. The minimum atomic E-state index is -4.50. The van der Waals surface area contributed by atoms with Crippen LogP contribution < -0.4 is 10.1 Å². The average Bonchev–Trinajstić information content (AvgIpc) is 3.96. The normalized spacial score (nSPS) is 15.7. The first kappa shape index (κ1) is 39.8. The van der Waals surface area contributed by atoms with Crippen LogP contribution in [0.5, 0.6) is 5.75 Å². The smallest absolute Gasteiger partial charge is 0.416 e. The molecule has 1 amide bonds. The number of carbonyl (C=O) groups is 1. The Kier molecular flexibility index (Phi) is 15.6. The Balaban J connectivity index is 0.000000281. The van der Waals surface area contributed by atoms with Crippen LogP contribution in [-0.4, -0.2) is 94.6 Å². The standard InChI is InChI=1S/C24H31F3N8O2.C12H22N4/c1-17-29-33-35(31-17)15-19-13-20(24(25,26)27)7-8-22(19)37-16-23(36)34-11-9-18(10-12-34)5-3-2-4-6-21-14-28-32-30-21;1(3-5-12-10-14-16-15-12)2-4-11-6-8-13-9-7-11/h7-8,13-14,18H,2-6,9-12,15-16H2,1H3,(H,28,30,32);10-11,13H,1-9H2,(H,14,15,16). The largest absolute Gasteiger partial charge is 0.483 e. The molecule has 4 aromatic rings. The van der Waals surface area contributed by atoms with E-state index in [1.165, 1.54) is 62.5 Å². The highest BCUT2D eigenvalue weighted by Gasteiger charge is 2.31. The zero-order chi connectivity index (χ0) is 37.3. The fraction of sp³-hybridized carbons (Fsp3) is 0.667. The zero-order valence-electron chi connectivity index (χ0n) is 30.7. The SMILES string of the molecule is Cc1nnn(Cc2cc(C(F)(F)F)ccc2OCC(=O)N2CCC(CCCCCc3cn[nH]n3)CC2)n1.c1n[nH]nc1CCCCCC1CCNCC1. The van der Waals surface area contributed by atoms with Gasteiger partial charge in [-0.1, -0.05) is 38.5 Å². The Morgan fingerprint density at radius 3 is 2.04 bits per heavy atom. The number of benzene rings is 1. The van der Waals surface area contributed by atoms with E-state index in [1.54, 1.807) is 18.0 Å². The first-order valence-corrected chi connectivity index (χ1v) is 19.0. The van der Waals surface area contributed by atoms with Crippen LogP contribution >= 0.6 is 0 Å². The number of carbonyl (C=O) groups excluding carboxylic acids is 1. The lowest BCUT2D eigenvalue weighted by molar-refractivity contribution is -0.138. The van der Waals surface area contributed by atoms with Crippen LogP contribution in [0.2, 0.25) is 0 Å². The van der Waals surface area contributed by atoms with Crippen molar-refractivity contribution in [2.24, 2.45) is 11.8 Å². The second-order valence-corrected chi connectivity index (χ2v) is 14.1. The van der Waals surface area contributed by atoms with Crippen molar-refractivity contribution in [2.45, 2.75) is 110 Å². The van der Waals surface area contributed by atoms with Gasteiger partial charge in [-0.15, -0.1) is 10.2 Å². The molecular weight excluding hydrogens is 689 g/mol. The van der Waals surface area contributed by atoms with Crippen LogP contribution in [0.15, 0.2) is 30.6 Å². The molecule has 0 radical (unpaired) electrons. The van der Waals surface area contributed by atoms with Gasteiger partial charge in [-0.05, 0) is 107 Å². The molecule has 14 nitrogen and oxygen atoms in total. The van der Waals surface area contributed by atoms with Crippen LogP contribution in [0.1, 0.15) is 105 Å². The maximum Gasteiger partial charge on any atom is 0.416 e. The second kappa shape index (κ2) is 20.7. The number of aromatic amines is 2. The van der Waals surface area contributed by atoms with Crippen LogP contribution in [0.3, 0.4) is 0 Å². The minimum absolute atomic E-state index is 0.0573. The number of likely N-dealkylation sites (tertiary alicyclic amines) is 1. The summed E-state index contributed by atoms with van der Waals surface area (Å²) in [5.74, 6) is 1.99. The molecule has 3 N–H and O–H groups in total. The van der Waals surface area contributed by atoms with Gasteiger partial charge in [-0.3, -0.25) is 4.79 Å². The topological polar surface area (TPSA) is 168 Å². The molecule has 2 saturated heterocycles. The molecular formula is C36H53F3N12O2. The van der Waals surface area contributed by atoms with E-state index < -0.39 is 11.7 Å². The first-order chi connectivity index (χ1) is 25.7. The summed E-state index contributed by atoms with van der Waals surface area (Å²) in [4.78, 5) is 15.7. The summed E-state index contributed by atoms with van der Waals surface area (Å²) in [5, 5.41) is 36.0. The predicted octanol–water partition coefficient (Wildman–Crippen LogP) is 5.49. The molecule has 2 aliphatic heterocycles. The van der Waals surface area contributed by atoms with E-state index in [-0.39, 0.29) is 30.4 Å². The van der Waals surface area contributed by atoms with Crippen molar-refractivity contribution >= 4 is 5.91 Å². The number of amides is 1. The first-order valence-electron chi connectivity index (χ1n) is 19.0. The van der Waals surface area contributed by atoms with Gasteiger partial charge in [0.2, 0.25) is 0 Å². The van der Waals surface area contributed by atoms with Gasteiger partial charge in [0.15, 0.2) is 12.4 Å². The number of H-pyrrole nitrogens is 2. The van der Waals surface area contributed by atoms with E-state index in [0.717, 1.165) is 80.8 Å². The number of hydrogen-bond acceptors (Lipinski definition) is 10. The molecule has 0 bridgehead atoms. The fourth-order valence-electron chi connectivity index (χ4n) is 6.96. The molecule has 2 fully saturated rings. The molecule has 2 aliphatic rings. The molecule has 5 heterocycles. The van der Waals surface area contributed by atoms with Crippen LogP contribution in [0.4, 0.5) is 13.2 Å².